The molecule has 2 aromatic carbocycles. The number of hydrogen-bond donors (Lipinski definition) is 1. The fourth-order valence-corrected chi connectivity index (χ4v) is 2.35. The lowest BCUT2D eigenvalue weighted by Gasteiger charge is -2.19. The molecule has 0 aromatic heterocycles. The van der Waals surface area contributed by atoms with Gasteiger partial charge in [-0.05, 0) is 42.4 Å². The summed E-state index contributed by atoms with van der Waals surface area (Å²) in [6.07, 6.45) is 0. The third-order valence-electron chi connectivity index (χ3n) is 3.48. The van der Waals surface area contributed by atoms with Crippen molar-refractivity contribution in [2.24, 2.45) is 0 Å². The van der Waals surface area contributed by atoms with Crippen LogP contribution in [-0.4, -0.2) is 28.4 Å². The molecule has 4 nitrogen and oxygen atoms in total. The van der Waals surface area contributed by atoms with E-state index in [1.54, 1.807) is 21.3 Å². The fraction of sp³-hybridized carbons (Fsp3) is 0.368. The molecule has 0 aliphatic heterocycles. The second kappa shape index (κ2) is 9.74. The number of nitrogens with one attached hydrogen (secondary N) is 1. The van der Waals surface area contributed by atoms with E-state index in [4.69, 9.17) is 14.2 Å². The SMILES string of the molecule is CC.CNC(c1ccc(OC)cc1)c1ccc(OC)c(OC)c1. The summed E-state index contributed by atoms with van der Waals surface area (Å²) in [7, 11) is 6.88. The molecule has 0 amide bonds. The van der Waals surface area contributed by atoms with Crippen molar-refractivity contribution in [3.05, 3.63) is 53.6 Å². The van der Waals surface area contributed by atoms with Gasteiger partial charge >= 0.3 is 0 Å². The average molecular weight is 317 g/mol. The fourth-order valence-electron chi connectivity index (χ4n) is 2.35. The molecule has 4 heteroatoms. The van der Waals surface area contributed by atoms with Crippen LogP contribution in [0.25, 0.3) is 0 Å². The van der Waals surface area contributed by atoms with Gasteiger partial charge in [0.15, 0.2) is 11.5 Å². The third kappa shape index (κ3) is 4.63. The molecule has 1 atom stereocenters. The van der Waals surface area contributed by atoms with Gasteiger partial charge in [-0.1, -0.05) is 32.0 Å². The van der Waals surface area contributed by atoms with Crippen LogP contribution in [0, 0.1) is 0 Å². The Balaban J connectivity index is 0.00000127. The van der Waals surface area contributed by atoms with Crippen LogP contribution in [0.1, 0.15) is 31.0 Å². The molecule has 0 saturated carbocycles. The Morgan fingerprint density at radius 1 is 0.739 bits per heavy atom. The third-order valence-corrected chi connectivity index (χ3v) is 3.48. The van der Waals surface area contributed by atoms with Gasteiger partial charge < -0.3 is 19.5 Å². The van der Waals surface area contributed by atoms with Crippen molar-refractivity contribution < 1.29 is 14.2 Å². The molecule has 23 heavy (non-hydrogen) atoms. The molecule has 0 heterocycles. The molecule has 126 valence electrons. The van der Waals surface area contributed by atoms with E-state index in [1.165, 1.54) is 0 Å². The van der Waals surface area contributed by atoms with Crippen molar-refractivity contribution in [3.63, 3.8) is 0 Å². The molecule has 0 aliphatic carbocycles. The first-order valence-corrected chi connectivity index (χ1v) is 7.76. The molecule has 0 bridgehead atoms. The second-order valence-electron chi connectivity index (χ2n) is 4.61. The summed E-state index contributed by atoms with van der Waals surface area (Å²) in [4.78, 5) is 0. The van der Waals surface area contributed by atoms with Gasteiger partial charge in [0.2, 0.25) is 0 Å². The average Bonchev–Trinajstić information content (AvgIpc) is 2.64. The van der Waals surface area contributed by atoms with Crippen molar-refractivity contribution in [2.75, 3.05) is 28.4 Å². The van der Waals surface area contributed by atoms with Crippen molar-refractivity contribution in [1.29, 1.82) is 0 Å². The molecular formula is C19H27NO3. The Kier molecular flexibility index (Phi) is 7.98. The lowest BCUT2D eigenvalue weighted by molar-refractivity contribution is 0.354. The second-order valence-corrected chi connectivity index (χ2v) is 4.61. The lowest BCUT2D eigenvalue weighted by Crippen LogP contribution is -2.17. The summed E-state index contributed by atoms with van der Waals surface area (Å²) in [6, 6.07) is 14.0. The van der Waals surface area contributed by atoms with Gasteiger partial charge in [-0.2, -0.15) is 0 Å². The van der Waals surface area contributed by atoms with E-state index in [0.717, 1.165) is 28.4 Å². The van der Waals surface area contributed by atoms with Crippen LogP contribution >= 0.6 is 0 Å². The molecule has 0 aliphatic rings. The van der Waals surface area contributed by atoms with Gasteiger partial charge in [0, 0.05) is 0 Å². The maximum absolute atomic E-state index is 5.37. The predicted molar refractivity (Wildman–Crippen MR) is 94.8 cm³/mol. The first kappa shape index (κ1) is 18.8. The highest BCUT2D eigenvalue weighted by molar-refractivity contribution is 5.46. The van der Waals surface area contributed by atoms with Crippen LogP contribution < -0.4 is 19.5 Å². The summed E-state index contributed by atoms with van der Waals surface area (Å²) in [5.41, 5.74) is 2.27. The molecule has 0 spiro atoms. The van der Waals surface area contributed by atoms with Gasteiger partial charge in [0.1, 0.15) is 5.75 Å². The maximum Gasteiger partial charge on any atom is 0.161 e. The zero-order chi connectivity index (χ0) is 17.2. The van der Waals surface area contributed by atoms with E-state index in [9.17, 15) is 0 Å². The van der Waals surface area contributed by atoms with E-state index in [2.05, 4.69) is 17.4 Å². The highest BCUT2D eigenvalue weighted by Crippen LogP contribution is 2.32. The summed E-state index contributed by atoms with van der Waals surface area (Å²) >= 11 is 0. The molecule has 0 fully saturated rings. The van der Waals surface area contributed by atoms with Gasteiger partial charge in [-0.25, -0.2) is 0 Å². The Bertz CT molecular complexity index is 582. The summed E-state index contributed by atoms with van der Waals surface area (Å²) in [5.74, 6) is 2.30. The number of hydrogen-bond acceptors (Lipinski definition) is 4. The van der Waals surface area contributed by atoms with E-state index in [-0.39, 0.29) is 6.04 Å². The molecule has 1 N–H and O–H groups in total. The zero-order valence-corrected chi connectivity index (χ0v) is 14.8. The zero-order valence-electron chi connectivity index (χ0n) is 14.8. The van der Waals surface area contributed by atoms with Crippen molar-refractivity contribution >= 4 is 0 Å². The van der Waals surface area contributed by atoms with Crippen LogP contribution in [0.5, 0.6) is 17.2 Å². The predicted octanol–water partition coefficient (Wildman–Crippen LogP) is 4.05. The molecule has 2 aromatic rings. The normalized spacial score (nSPS) is 11.0. The minimum Gasteiger partial charge on any atom is -0.497 e. The maximum atomic E-state index is 5.37. The van der Waals surface area contributed by atoms with Gasteiger partial charge in [-0.3, -0.25) is 0 Å². The van der Waals surface area contributed by atoms with Crippen LogP contribution in [0.4, 0.5) is 0 Å². The summed E-state index contributed by atoms with van der Waals surface area (Å²) < 4.78 is 15.8. The quantitative estimate of drug-likeness (QED) is 0.872. The van der Waals surface area contributed by atoms with Gasteiger partial charge in [-0.15, -0.1) is 0 Å². The van der Waals surface area contributed by atoms with E-state index in [0.29, 0.717) is 0 Å². The first-order chi connectivity index (χ1) is 11.2. The molecule has 2 rings (SSSR count). The Morgan fingerprint density at radius 3 is 1.78 bits per heavy atom. The number of rotatable bonds is 6. The summed E-state index contributed by atoms with van der Waals surface area (Å²) in [5, 5.41) is 3.32. The first-order valence-electron chi connectivity index (χ1n) is 7.76. The van der Waals surface area contributed by atoms with Crippen molar-refractivity contribution in [1.82, 2.24) is 5.32 Å². The standard InChI is InChI=1S/C17H21NO3.C2H6/c1-18-17(12-5-8-14(19-2)9-6-12)13-7-10-15(20-3)16(11-13)21-4;1-2/h5-11,17-18H,1-4H3;1-2H3. The number of ether oxygens (including phenoxy) is 3. The minimum absolute atomic E-state index is 0.0794. The summed E-state index contributed by atoms with van der Waals surface area (Å²) in [6.45, 7) is 4.00. The Labute approximate surface area is 139 Å². The minimum atomic E-state index is 0.0794. The van der Waals surface area contributed by atoms with Crippen molar-refractivity contribution in [3.8, 4) is 17.2 Å². The van der Waals surface area contributed by atoms with Gasteiger partial charge in [0.05, 0.1) is 27.4 Å². The monoisotopic (exact) mass is 317 g/mol. The van der Waals surface area contributed by atoms with Crippen LogP contribution in [0.3, 0.4) is 0 Å². The number of methoxy groups -OCH3 is 3. The molecule has 0 radical (unpaired) electrons. The Morgan fingerprint density at radius 2 is 1.30 bits per heavy atom. The topological polar surface area (TPSA) is 39.7 Å². The van der Waals surface area contributed by atoms with E-state index in [1.807, 2.05) is 51.2 Å². The van der Waals surface area contributed by atoms with Gasteiger partial charge in [0.25, 0.3) is 0 Å². The van der Waals surface area contributed by atoms with E-state index < -0.39 is 0 Å². The van der Waals surface area contributed by atoms with Crippen LogP contribution in [0.15, 0.2) is 42.5 Å². The molecular weight excluding hydrogens is 290 g/mol. The number of benzene rings is 2. The Hall–Kier alpha value is -2.20. The van der Waals surface area contributed by atoms with E-state index >= 15 is 0 Å². The van der Waals surface area contributed by atoms with Crippen molar-refractivity contribution in [2.45, 2.75) is 19.9 Å². The highest BCUT2D eigenvalue weighted by atomic mass is 16.5. The molecule has 0 saturated heterocycles. The van der Waals surface area contributed by atoms with Crippen LogP contribution in [0.2, 0.25) is 0 Å². The largest absolute Gasteiger partial charge is 0.497 e. The highest BCUT2D eigenvalue weighted by Gasteiger charge is 2.14. The van der Waals surface area contributed by atoms with Crippen LogP contribution in [-0.2, 0) is 0 Å². The molecule has 1 unspecified atom stereocenters. The lowest BCUT2D eigenvalue weighted by atomic mass is 9.98. The smallest absolute Gasteiger partial charge is 0.161 e.